The van der Waals surface area contributed by atoms with Crippen molar-refractivity contribution < 1.29 is 9.47 Å². The maximum absolute atomic E-state index is 5.29. The van der Waals surface area contributed by atoms with Crippen molar-refractivity contribution in [1.29, 1.82) is 0 Å². The van der Waals surface area contributed by atoms with Gasteiger partial charge < -0.3 is 14.9 Å². The fourth-order valence-corrected chi connectivity index (χ4v) is 2.42. The second kappa shape index (κ2) is 7.69. The van der Waals surface area contributed by atoms with Crippen molar-refractivity contribution in [1.82, 2.24) is 5.43 Å². The molecule has 0 fully saturated rings. The maximum Gasteiger partial charge on any atom is 0.133 e. The number of hydrazone groups is 1. The Labute approximate surface area is 132 Å². The Balaban J connectivity index is 1.95. The topological polar surface area (TPSA) is 42.8 Å². The fourth-order valence-electron chi connectivity index (χ4n) is 1.86. The number of nitrogens with zero attached hydrogens (tertiary/aromatic N) is 1. The van der Waals surface area contributed by atoms with Crippen molar-refractivity contribution in [3.63, 3.8) is 0 Å². The van der Waals surface area contributed by atoms with Gasteiger partial charge in [0, 0.05) is 5.56 Å². The highest BCUT2D eigenvalue weighted by molar-refractivity contribution is 9.10. The zero-order valence-corrected chi connectivity index (χ0v) is 13.6. The lowest BCUT2D eigenvalue weighted by Gasteiger charge is -2.07. The van der Waals surface area contributed by atoms with E-state index in [1.165, 1.54) is 0 Å². The number of hydrogen-bond acceptors (Lipinski definition) is 4. The summed E-state index contributed by atoms with van der Waals surface area (Å²) in [7, 11) is 3.31. The molecule has 0 spiro atoms. The molecule has 2 aromatic rings. The smallest absolute Gasteiger partial charge is 0.133 e. The van der Waals surface area contributed by atoms with E-state index in [0.29, 0.717) is 6.54 Å². The van der Waals surface area contributed by atoms with Crippen LogP contribution in [0.15, 0.2) is 52.0 Å². The van der Waals surface area contributed by atoms with Crippen molar-refractivity contribution in [2.75, 3.05) is 14.2 Å². The molecule has 0 heterocycles. The Morgan fingerprint density at radius 1 is 1.10 bits per heavy atom. The maximum atomic E-state index is 5.29. The van der Waals surface area contributed by atoms with Crippen LogP contribution in [0.5, 0.6) is 11.5 Å². The quantitative estimate of drug-likeness (QED) is 0.640. The predicted octanol–water partition coefficient (Wildman–Crippen LogP) is 3.59. The summed E-state index contributed by atoms with van der Waals surface area (Å²) in [6, 6.07) is 13.6. The van der Waals surface area contributed by atoms with Gasteiger partial charge in [0.15, 0.2) is 0 Å². The molecule has 0 unspecified atom stereocenters. The number of ether oxygens (including phenoxy) is 2. The average Bonchev–Trinajstić information content (AvgIpc) is 2.52. The third-order valence-electron chi connectivity index (χ3n) is 2.94. The van der Waals surface area contributed by atoms with Crippen LogP contribution in [0, 0.1) is 0 Å². The first kappa shape index (κ1) is 15.4. The molecule has 0 saturated heterocycles. The molecule has 0 aliphatic carbocycles. The molecule has 4 nitrogen and oxygen atoms in total. The van der Waals surface area contributed by atoms with Gasteiger partial charge in [0.1, 0.15) is 11.5 Å². The van der Waals surface area contributed by atoms with E-state index in [2.05, 4.69) is 26.5 Å². The first-order chi connectivity index (χ1) is 10.2. The minimum Gasteiger partial charge on any atom is -0.496 e. The zero-order chi connectivity index (χ0) is 15.1. The normalized spacial score (nSPS) is 10.6. The molecular formula is C16H17BrN2O2. The van der Waals surface area contributed by atoms with E-state index in [4.69, 9.17) is 9.47 Å². The Kier molecular flexibility index (Phi) is 5.63. The van der Waals surface area contributed by atoms with Crippen LogP contribution >= 0.6 is 15.9 Å². The van der Waals surface area contributed by atoms with Crippen LogP contribution in [-0.4, -0.2) is 20.4 Å². The summed E-state index contributed by atoms with van der Waals surface area (Å²) in [5.41, 5.74) is 5.06. The Morgan fingerprint density at radius 2 is 1.86 bits per heavy atom. The molecule has 0 aromatic heterocycles. The first-order valence-corrected chi connectivity index (χ1v) is 7.25. The van der Waals surface area contributed by atoms with Gasteiger partial charge in [-0.2, -0.15) is 5.10 Å². The second-order valence-electron chi connectivity index (χ2n) is 4.30. The van der Waals surface area contributed by atoms with Crippen LogP contribution in [0.3, 0.4) is 0 Å². The lowest BCUT2D eigenvalue weighted by molar-refractivity contribution is 0.408. The molecular weight excluding hydrogens is 332 g/mol. The highest BCUT2D eigenvalue weighted by atomic mass is 79.9. The molecule has 0 radical (unpaired) electrons. The van der Waals surface area contributed by atoms with Crippen molar-refractivity contribution in [3.8, 4) is 11.5 Å². The lowest BCUT2D eigenvalue weighted by atomic mass is 10.2. The molecule has 1 N–H and O–H groups in total. The number of benzene rings is 2. The number of para-hydroxylation sites is 1. The Hall–Kier alpha value is -2.01. The molecule has 0 aliphatic heterocycles. The molecule has 0 atom stereocenters. The largest absolute Gasteiger partial charge is 0.496 e. The first-order valence-electron chi connectivity index (χ1n) is 6.46. The van der Waals surface area contributed by atoms with Crippen LogP contribution in [0.2, 0.25) is 0 Å². The Morgan fingerprint density at radius 3 is 2.57 bits per heavy atom. The Bertz CT molecular complexity index is 629. The third-order valence-corrected chi connectivity index (χ3v) is 3.56. The van der Waals surface area contributed by atoms with Gasteiger partial charge in [-0.05, 0) is 45.8 Å². The van der Waals surface area contributed by atoms with Crippen molar-refractivity contribution in [3.05, 3.63) is 58.1 Å². The second-order valence-corrected chi connectivity index (χ2v) is 5.15. The average molecular weight is 349 g/mol. The fraction of sp³-hybridized carbons (Fsp3) is 0.188. The summed E-state index contributed by atoms with van der Waals surface area (Å²) in [5.74, 6) is 1.65. The third kappa shape index (κ3) is 4.23. The van der Waals surface area contributed by atoms with Gasteiger partial charge in [-0.25, -0.2) is 0 Å². The van der Waals surface area contributed by atoms with Crippen molar-refractivity contribution in [2.24, 2.45) is 5.10 Å². The monoisotopic (exact) mass is 348 g/mol. The molecule has 5 heteroatoms. The van der Waals surface area contributed by atoms with Crippen molar-refractivity contribution >= 4 is 22.1 Å². The summed E-state index contributed by atoms with van der Waals surface area (Å²) in [4.78, 5) is 0. The van der Waals surface area contributed by atoms with E-state index in [0.717, 1.165) is 27.1 Å². The number of halogens is 1. The SMILES string of the molecule is COc1ccc(/C=N/NCc2ccccc2OC)cc1Br. The van der Waals surface area contributed by atoms with E-state index in [-0.39, 0.29) is 0 Å². The van der Waals surface area contributed by atoms with Gasteiger partial charge in [0.05, 0.1) is 31.5 Å². The van der Waals surface area contributed by atoms with E-state index in [1.54, 1.807) is 20.4 Å². The number of methoxy groups -OCH3 is 2. The molecule has 0 amide bonds. The lowest BCUT2D eigenvalue weighted by Crippen LogP contribution is -2.06. The standard InChI is InChI=1S/C16H17BrN2O2/c1-20-15-6-4-3-5-13(15)11-19-18-10-12-7-8-16(21-2)14(17)9-12/h3-10,19H,11H2,1-2H3/b18-10+. The van der Waals surface area contributed by atoms with Crippen LogP contribution in [0.1, 0.15) is 11.1 Å². The molecule has 0 saturated carbocycles. The van der Waals surface area contributed by atoms with Gasteiger partial charge >= 0.3 is 0 Å². The van der Waals surface area contributed by atoms with Gasteiger partial charge in [0.2, 0.25) is 0 Å². The number of rotatable bonds is 6. The molecule has 110 valence electrons. The highest BCUT2D eigenvalue weighted by Crippen LogP contribution is 2.24. The summed E-state index contributed by atoms with van der Waals surface area (Å²) in [6.07, 6.45) is 1.76. The summed E-state index contributed by atoms with van der Waals surface area (Å²) in [6.45, 7) is 0.609. The van der Waals surface area contributed by atoms with E-state index in [9.17, 15) is 0 Å². The van der Waals surface area contributed by atoms with Crippen molar-refractivity contribution in [2.45, 2.75) is 6.54 Å². The zero-order valence-electron chi connectivity index (χ0n) is 12.0. The molecule has 2 rings (SSSR count). The van der Waals surface area contributed by atoms with Crippen LogP contribution in [-0.2, 0) is 6.54 Å². The molecule has 21 heavy (non-hydrogen) atoms. The summed E-state index contributed by atoms with van der Waals surface area (Å²) in [5, 5.41) is 4.22. The molecule has 0 bridgehead atoms. The predicted molar refractivity (Wildman–Crippen MR) is 88.1 cm³/mol. The van der Waals surface area contributed by atoms with Crippen LogP contribution in [0.4, 0.5) is 0 Å². The van der Waals surface area contributed by atoms with Crippen LogP contribution < -0.4 is 14.9 Å². The van der Waals surface area contributed by atoms with Gasteiger partial charge in [-0.1, -0.05) is 18.2 Å². The number of nitrogens with one attached hydrogen (secondary N) is 1. The van der Waals surface area contributed by atoms with Gasteiger partial charge in [0.25, 0.3) is 0 Å². The minimum absolute atomic E-state index is 0.609. The van der Waals surface area contributed by atoms with Crippen LogP contribution in [0.25, 0.3) is 0 Å². The number of hydrogen-bond donors (Lipinski definition) is 1. The minimum atomic E-state index is 0.609. The highest BCUT2D eigenvalue weighted by Gasteiger charge is 2.00. The summed E-state index contributed by atoms with van der Waals surface area (Å²) < 4.78 is 11.4. The summed E-state index contributed by atoms with van der Waals surface area (Å²) >= 11 is 3.45. The van der Waals surface area contributed by atoms with E-state index in [1.807, 2.05) is 42.5 Å². The van der Waals surface area contributed by atoms with E-state index >= 15 is 0 Å². The van der Waals surface area contributed by atoms with Gasteiger partial charge in [-0.3, -0.25) is 0 Å². The molecule has 2 aromatic carbocycles. The van der Waals surface area contributed by atoms with Gasteiger partial charge in [-0.15, -0.1) is 0 Å². The van der Waals surface area contributed by atoms with E-state index < -0.39 is 0 Å². The molecule has 0 aliphatic rings.